The Kier molecular flexibility index (Phi) is 8.54. The molecule has 1 aromatic rings. The van der Waals surface area contributed by atoms with Gasteiger partial charge in [0.25, 0.3) is 5.69 Å². The number of carbonyl (C=O) groups excluding carboxylic acids is 2. The van der Waals surface area contributed by atoms with E-state index in [2.05, 4.69) is 6.92 Å². The number of carbonyl (C=O) groups is 2. The molecule has 2 rings (SSSR count). The highest BCUT2D eigenvalue weighted by Crippen LogP contribution is 2.32. The number of hydrogen-bond acceptors (Lipinski definition) is 5. The predicted octanol–water partition coefficient (Wildman–Crippen LogP) is 4.52. The Labute approximate surface area is 170 Å². The third kappa shape index (κ3) is 5.98. The number of amides is 1. The van der Waals surface area contributed by atoms with Crippen molar-refractivity contribution in [2.75, 3.05) is 13.7 Å². The van der Waals surface area contributed by atoms with Gasteiger partial charge in [0, 0.05) is 19.5 Å². The summed E-state index contributed by atoms with van der Waals surface area (Å²) in [7, 11) is 1.85. The van der Waals surface area contributed by atoms with E-state index in [1.165, 1.54) is 25.7 Å². The lowest BCUT2D eigenvalue weighted by Crippen LogP contribution is -2.41. The van der Waals surface area contributed by atoms with E-state index in [1.807, 2.05) is 11.9 Å². The van der Waals surface area contributed by atoms with Crippen LogP contribution in [0.3, 0.4) is 0 Å². The average molecular weight is 408 g/mol. The second-order valence-corrected chi connectivity index (χ2v) is 7.57. The van der Waals surface area contributed by atoms with Crippen LogP contribution in [0, 0.1) is 21.8 Å². The molecule has 0 saturated heterocycles. The zero-order valence-electron chi connectivity index (χ0n) is 17.1. The molecule has 1 amide bonds. The van der Waals surface area contributed by atoms with Crippen LogP contribution in [0.25, 0.3) is 0 Å². The maximum Gasteiger partial charge on any atom is 0.283 e. The van der Waals surface area contributed by atoms with Crippen molar-refractivity contribution < 1.29 is 23.6 Å². The molecule has 0 heterocycles. The topological polar surface area (TPSA) is 89.8 Å². The fourth-order valence-electron chi connectivity index (χ4n) is 4.07. The van der Waals surface area contributed by atoms with E-state index in [4.69, 9.17) is 4.74 Å². The Bertz CT molecular complexity index is 734. The van der Waals surface area contributed by atoms with E-state index in [1.54, 1.807) is 0 Å². The summed E-state index contributed by atoms with van der Waals surface area (Å²) in [5.41, 5.74) is -0.850. The number of ether oxygens (including phenoxy) is 1. The summed E-state index contributed by atoms with van der Waals surface area (Å²) >= 11 is 0. The smallest absolute Gasteiger partial charge is 0.283 e. The lowest BCUT2D eigenvalue weighted by Gasteiger charge is -2.33. The molecule has 0 aromatic heterocycles. The SMILES string of the molecule is CCCC(C1CCCC1)N(C)C(=O)CCCOc1cc([N+](=O)[O-])c(C=O)cc1F. The predicted molar refractivity (Wildman–Crippen MR) is 107 cm³/mol. The highest BCUT2D eigenvalue weighted by molar-refractivity contribution is 5.82. The minimum absolute atomic E-state index is 0.0294. The number of rotatable bonds is 11. The highest BCUT2D eigenvalue weighted by Gasteiger charge is 2.29. The zero-order chi connectivity index (χ0) is 21.4. The largest absolute Gasteiger partial charge is 0.490 e. The van der Waals surface area contributed by atoms with Gasteiger partial charge in [-0.2, -0.15) is 0 Å². The summed E-state index contributed by atoms with van der Waals surface area (Å²) in [5.74, 6) is -0.545. The number of hydrogen-bond donors (Lipinski definition) is 0. The van der Waals surface area contributed by atoms with Crippen molar-refractivity contribution in [2.45, 2.75) is 64.3 Å². The Morgan fingerprint density at radius 2 is 2.10 bits per heavy atom. The molecule has 1 fully saturated rings. The van der Waals surface area contributed by atoms with Crippen LogP contribution < -0.4 is 4.74 Å². The molecule has 29 heavy (non-hydrogen) atoms. The molecule has 0 bridgehead atoms. The number of nitro benzene ring substituents is 1. The van der Waals surface area contributed by atoms with E-state index < -0.39 is 16.4 Å². The monoisotopic (exact) mass is 408 g/mol. The van der Waals surface area contributed by atoms with Gasteiger partial charge >= 0.3 is 0 Å². The van der Waals surface area contributed by atoms with E-state index in [0.717, 1.165) is 25.0 Å². The van der Waals surface area contributed by atoms with Crippen LogP contribution in [0.4, 0.5) is 10.1 Å². The van der Waals surface area contributed by atoms with Gasteiger partial charge < -0.3 is 9.64 Å². The van der Waals surface area contributed by atoms with E-state index in [-0.39, 0.29) is 42.6 Å². The van der Waals surface area contributed by atoms with Crippen molar-refractivity contribution in [2.24, 2.45) is 5.92 Å². The summed E-state index contributed by atoms with van der Waals surface area (Å²) < 4.78 is 19.3. The molecule has 0 spiro atoms. The van der Waals surface area contributed by atoms with E-state index in [0.29, 0.717) is 12.3 Å². The first-order chi connectivity index (χ1) is 13.9. The van der Waals surface area contributed by atoms with Crippen LogP contribution in [0.1, 0.15) is 68.6 Å². The van der Waals surface area contributed by atoms with Crippen molar-refractivity contribution in [1.29, 1.82) is 0 Å². The Balaban J connectivity index is 1.89. The second kappa shape index (κ2) is 10.9. The number of aldehydes is 1. The van der Waals surface area contributed by atoms with Gasteiger partial charge in [-0.1, -0.05) is 26.2 Å². The molecule has 8 heteroatoms. The number of nitro groups is 1. The van der Waals surface area contributed by atoms with Gasteiger partial charge in [0.15, 0.2) is 17.9 Å². The molecular formula is C21H29FN2O5. The first kappa shape index (κ1) is 22.8. The molecule has 160 valence electrons. The molecular weight excluding hydrogens is 379 g/mol. The molecule has 7 nitrogen and oxygen atoms in total. The van der Waals surface area contributed by atoms with Crippen molar-refractivity contribution in [3.63, 3.8) is 0 Å². The Hall–Kier alpha value is -2.51. The van der Waals surface area contributed by atoms with Crippen molar-refractivity contribution in [1.82, 2.24) is 4.90 Å². The fraction of sp³-hybridized carbons (Fsp3) is 0.619. The maximum absolute atomic E-state index is 14.0. The van der Waals surface area contributed by atoms with Crippen LogP contribution in [0.5, 0.6) is 5.75 Å². The molecule has 0 radical (unpaired) electrons. The summed E-state index contributed by atoms with van der Waals surface area (Å²) in [6.45, 7) is 2.17. The van der Waals surface area contributed by atoms with Crippen LogP contribution in [0.15, 0.2) is 12.1 Å². The molecule has 1 unspecified atom stereocenters. The first-order valence-corrected chi connectivity index (χ1v) is 10.2. The lowest BCUT2D eigenvalue weighted by molar-refractivity contribution is -0.385. The molecule has 0 aliphatic heterocycles. The van der Waals surface area contributed by atoms with E-state index in [9.17, 15) is 24.1 Å². The number of benzene rings is 1. The van der Waals surface area contributed by atoms with Gasteiger partial charge in [0.2, 0.25) is 5.91 Å². The van der Waals surface area contributed by atoms with Crippen molar-refractivity contribution in [3.05, 3.63) is 33.6 Å². The quantitative estimate of drug-likeness (QED) is 0.232. The molecule has 1 aromatic carbocycles. The van der Waals surface area contributed by atoms with Crippen LogP contribution in [-0.4, -0.2) is 41.7 Å². The minimum atomic E-state index is -0.842. The second-order valence-electron chi connectivity index (χ2n) is 7.57. The van der Waals surface area contributed by atoms with Crippen LogP contribution in [-0.2, 0) is 4.79 Å². The van der Waals surface area contributed by atoms with Gasteiger partial charge in [0.1, 0.15) is 0 Å². The summed E-state index contributed by atoms with van der Waals surface area (Å²) in [6.07, 6.45) is 7.66. The van der Waals surface area contributed by atoms with Crippen LogP contribution in [0.2, 0.25) is 0 Å². The lowest BCUT2D eigenvalue weighted by atomic mass is 9.93. The molecule has 0 N–H and O–H groups in total. The van der Waals surface area contributed by atoms with Gasteiger partial charge in [-0.05, 0) is 37.7 Å². The third-order valence-electron chi connectivity index (χ3n) is 5.62. The van der Waals surface area contributed by atoms with Crippen molar-refractivity contribution >= 4 is 17.9 Å². The molecule has 1 aliphatic carbocycles. The molecule has 1 aliphatic rings. The maximum atomic E-state index is 14.0. The third-order valence-corrected chi connectivity index (χ3v) is 5.62. The number of halogens is 1. The molecule has 1 atom stereocenters. The number of nitrogens with zero attached hydrogens (tertiary/aromatic N) is 2. The average Bonchev–Trinajstić information content (AvgIpc) is 3.23. The van der Waals surface area contributed by atoms with Crippen LogP contribution >= 0.6 is 0 Å². The van der Waals surface area contributed by atoms with Gasteiger partial charge in [-0.25, -0.2) is 4.39 Å². The normalized spacial score (nSPS) is 15.1. The van der Waals surface area contributed by atoms with Gasteiger partial charge in [-0.3, -0.25) is 19.7 Å². The Morgan fingerprint density at radius 1 is 1.41 bits per heavy atom. The minimum Gasteiger partial charge on any atom is -0.490 e. The van der Waals surface area contributed by atoms with Gasteiger partial charge in [0.05, 0.1) is 23.2 Å². The van der Waals surface area contributed by atoms with E-state index >= 15 is 0 Å². The highest BCUT2D eigenvalue weighted by atomic mass is 19.1. The summed E-state index contributed by atoms with van der Waals surface area (Å²) in [6, 6.07) is 1.95. The van der Waals surface area contributed by atoms with Gasteiger partial charge in [-0.15, -0.1) is 0 Å². The summed E-state index contributed by atoms with van der Waals surface area (Å²) in [4.78, 5) is 35.5. The van der Waals surface area contributed by atoms with Crippen molar-refractivity contribution in [3.8, 4) is 5.75 Å². The summed E-state index contributed by atoms with van der Waals surface area (Å²) in [5, 5.41) is 11.0. The standard InChI is InChI=1S/C21H29FN2O5/c1-3-7-18(15-8-4-5-9-15)23(2)21(26)10-6-11-29-20-13-19(24(27)28)16(14-25)12-17(20)22/h12-15,18H,3-11H2,1-2H3. The Morgan fingerprint density at radius 3 is 2.69 bits per heavy atom. The fourth-order valence-corrected chi connectivity index (χ4v) is 4.07. The zero-order valence-corrected chi connectivity index (χ0v) is 17.1. The first-order valence-electron chi connectivity index (χ1n) is 10.2. The molecule has 1 saturated carbocycles.